The SMILES string of the molecule is CC(C)(C)C#Cc1ccc(C=O)s1. The van der Waals surface area contributed by atoms with Crippen molar-refractivity contribution in [1.29, 1.82) is 0 Å². The molecule has 0 amide bonds. The topological polar surface area (TPSA) is 17.1 Å². The minimum Gasteiger partial charge on any atom is -0.297 e. The van der Waals surface area contributed by atoms with E-state index in [-0.39, 0.29) is 5.41 Å². The predicted molar refractivity (Wildman–Crippen MR) is 56.0 cm³/mol. The van der Waals surface area contributed by atoms with Crippen LogP contribution in [0.4, 0.5) is 0 Å². The molecule has 0 spiro atoms. The van der Waals surface area contributed by atoms with Gasteiger partial charge in [0.25, 0.3) is 0 Å². The fourth-order valence-electron chi connectivity index (χ4n) is 0.732. The summed E-state index contributed by atoms with van der Waals surface area (Å²) in [5, 5.41) is 0. The van der Waals surface area contributed by atoms with Gasteiger partial charge in [0, 0.05) is 5.41 Å². The molecular weight excluding hydrogens is 180 g/mol. The number of aldehydes is 1. The monoisotopic (exact) mass is 192 g/mol. The van der Waals surface area contributed by atoms with E-state index in [0.717, 1.165) is 16.0 Å². The van der Waals surface area contributed by atoms with Crippen LogP contribution in [-0.4, -0.2) is 6.29 Å². The normalized spacial score (nSPS) is 10.4. The molecule has 0 N–H and O–H groups in total. The summed E-state index contributed by atoms with van der Waals surface area (Å²) in [4.78, 5) is 12.1. The Hall–Kier alpha value is -1.07. The lowest BCUT2D eigenvalue weighted by Crippen LogP contribution is -1.98. The van der Waals surface area contributed by atoms with Gasteiger partial charge < -0.3 is 0 Å². The third kappa shape index (κ3) is 3.43. The van der Waals surface area contributed by atoms with Crippen LogP contribution in [0.25, 0.3) is 0 Å². The lowest BCUT2D eigenvalue weighted by Gasteiger charge is -2.06. The molecule has 0 saturated carbocycles. The van der Waals surface area contributed by atoms with Gasteiger partial charge in [-0.25, -0.2) is 0 Å². The highest BCUT2D eigenvalue weighted by atomic mass is 32.1. The molecule has 0 saturated heterocycles. The van der Waals surface area contributed by atoms with Crippen molar-refractivity contribution in [3.63, 3.8) is 0 Å². The first kappa shape index (κ1) is 10.0. The van der Waals surface area contributed by atoms with Gasteiger partial charge in [0.2, 0.25) is 0 Å². The molecule has 0 bridgehead atoms. The van der Waals surface area contributed by atoms with E-state index >= 15 is 0 Å². The highest BCUT2D eigenvalue weighted by molar-refractivity contribution is 7.14. The number of carbonyl (C=O) groups is 1. The molecule has 0 fully saturated rings. The van der Waals surface area contributed by atoms with Crippen LogP contribution in [0.1, 0.15) is 35.3 Å². The van der Waals surface area contributed by atoms with E-state index in [9.17, 15) is 4.79 Å². The van der Waals surface area contributed by atoms with Gasteiger partial charge in [-0.2, -0.15) is 0 Å². The molecule has 1 aromatic heterocycles. The first-order valence-corrected chi connectivity index (χ1v) is 4.91. The van der Waals surface area contributed by atoms with Crippen molar-refractivity contribution < 1.29 is 4.79 Å². The van der Waals surface area contributed by atoms with Gasteiger partial charge in [-0.3, -0.25) is 4.79 Å². The minimum atomic E-state index is 0.0192. The Morgan fingerprint density at radius 3 is 2.54 bits per heavy atom. The molecule has 1 nitrogen and oxygen atoms in total. The summed E-state index contributed by atoms with van der Waals surface area (Å²) in [7, 11) is 0. The highest BCUT2D eigenvalue weighted by Crippen LogP contribution is 2.15. The molecule has 1 rings (SSSR count). The Morgan fingerprint density at radius 2 is 2.08 bits per heavy atom. The minimum absolute atomic E-state index is 0.0192. The number of hydrogen-bond acceptors (Lipinski definition) is 2. The summed E-state index contributed by atoms with van der Waals surface area (Å²) in [6, 6.07) is 3.68. The maximum Gasteiger partial charge on any atom is 0.160 e. The maximum atomic E-state index is 10.4. The van der Waals surface area contributed by atoms with Crippen LogP contribution in [0.3, 0.4) is 0 Å². The van der Waals surface area contributed by atoms with Gasteiger partial charge in [0.05, 0.1) is 9.75 Å². The first-order valence-electron chi connectivity index (χ1n) is 4.09. The van der Waals surface area contributed by atoms with Gasteiger partial charge in [0.15, 0.2) is 6.29 Å². The van der Waals surface area contributed by atoms with Crippen LogP contribution in [-0.2, 0) is 0 Å². The molecule has 1 heterocycles. The van der Waals surface area contributed by atoms with Crippen molar-refractivity contribution in [3.8, 4) is 11.8 Å². The van der Waals surface area contributed by atoms with Crippen molar-refractivity contribution in [2.24, 2.45) is 5.41 Å². The van der Waals surface area contributed by atoms with Gasteiger partial charge in [-0.15, -0.1) is 11.3 Å². The number of thiophene rings is 1. The van der Waals surface area contributed by atoms with E-state index in [4.69, 9.17) is 0 Å². The van der Waals surface area contributed by atoms with E-state index in [2.05, 4.69) is 32.6 Å². The van der Waals surface area contributed by atoms with Crippen molar-refractivity contribution in [2.75, 3.05) is 0 Å². The molecule has 0 unspecified atom stereocenters. The molecule has 0 aliphatic heterocycles. The summed E-state index contributed by atoms with van der Waals surface area (Å²) >= 11 is 1.43. The van der Waals surface area contributed by atoms with E-state index in [1.165, 1.54) is 11.3 Å². The lowest BCUT2D eigenvalue weighted by atomic mass is 9.98. The summed E-state index contributed by atoms with van der Waals surface area (Å²) in [6.07, 6.45) is 0.854. The Bertz CT molecular complexity index is 357. The second-order valence-corrected chi connectivity index (χ2v) is 4.94. The standard InChI is InChI=1S/C11H12OS/c1-11(2,3)7-6-9-4-5-10(8-12)13-9/h4-5,8H,1-3H3. The number of hydrogen-bond donors (Lipinski definition) is 0. The largest absolute Gasteiger partial charge is 0.297 e. The zero-order chi connectivity index (χ0) is 9.90. The zero-order valence-corrected chi connectivity index (χ0v) is 8.87. The molecule has 0 aliphatic rings. The van der Waals surface area contributed by atoms with Crippen LogP contribution >= 0.6 is 11.3 Å². The Morgan fingerprint density at radius 1 is 1.38 bits per heavy atom. The lowest BCUT2D eigenvalue weighted by molar-refractivity contribution is 0.112. The first-order chi connectivity index (χ1) is 6.01. The molecule has 13 heavy (non-hydrogen) atoms. The fraction of sp³-hybridized carbons (Fsp3) is 0.364. The summed E-state index contributed by atoms with van der Waals surface area (Å²) in [5.74, 6) is 6.17. The summed E-state index contributed by atoms with van der Waals surface area (Å²) in [5.41, 5.74) is 0.0192. The molecular formula is C11H12OS. The predicted octanol–water partition coefficient (Wildman–Crippen LogP) is 2.96. The highest BCUT2D eigenvalue weighted by Gasteiger charge is 2.03. The summed E-state index contributed by atoms with van der Waals surface area (Å²) in [6.45, 7) is 6.19. The molecule has 2 heteroatoms. The number of rotatable bonds is 1. The van der Waals surface area contributed by atoms with Crippen LogP contribution in [0.15, 0.2) is 12.1 Å². The zero-order valence-electron chi connectivity index (χ0n) is 8.05. The van der Waals surface area contributed by atoms with Gasteiger partial charge >= 0.3 is 0 Å². The second-order valence-electron chi connectivity index (χ2n) is 3.82. The molecule has 0 radical (unpaired) electrons. The van der Waals surface area contributed by atoms with E-state index < -0.39 is 0 Å². The van der Waals surface area contributed by atoms with Crippen LogP contribution < -0.4 is 0 Å². The number of carbonyl (C=O) groups excluding carboxylic acids is 1. The van der Waals surface area contributed by atoms with Crippen molar-refractivity contribution in [1.82, 2.24) is 0 Å². The molecule has 68 valence electrons. The Balaban J connectivity index is 2.84. The second kappa shape index (κ2) is 3.76. The Kier molecular flexibility index (Phi) is 2.90. The van der Waals surface area contributed by atoms with E-state index in [0.29, 0.717) is 0 Å². The van der Waals surface area contributed by atoms with E-state index in [1.54, 1.807) is 6.07 Å². The van der Waals surface area contributed by atoms with Crippen LogP contribution in [0.5, 0.6) is 0 Å². The van der Waals surface area contributed by atoms with Crippen molar-refractivity contribution in [3.05, 3.63) is 21.9 Å². The van der Waals surface area contributed by atoms with Gasteiger partial charge in [-0.1, -0.05) is 11.8 Å². The van der Waals surface area contributed by atoms with Gasteiger partial charge in [-0.05, 0) is 32.9 Å². The summed E-state index contributed by atoms with van der Waals surface area (Å²) < 4.78 is 0. The Labute approximate surface area is 82.8 Å². The smallest absolute Gasteiger partial charge is 0.160 e. The molecule has 0 aromatic carbocycles. The fourth-order valence-corrected chi connectivity index (χ4v) is 1.41. The maximum absolute atomic E-state index is 10.4. The average molecular weight is 192 g/mol. The third-order valence-electron chi connectivity index (χ3n) is 1.30. The van der Waals surface area contributed by atoms with E-state index in [1.807, 2.05) is 6.07 Å². The van der Waals surface area contributed by atoms with Crippen LogP contribution in [0, 0.1) is 17.3 Å². The van der Waals surface area contributed by atoms with Crippen molar-refractivity contribution >= 4 is 17.6 Å². The molecule has 1 aromatic rings. The van der Waals surface area contributed by atoms with Crippen molar-refractivity contribution in [2.45, 2.75) is 20.8 Å². The molecule has 0 aliphatic carbocycles. The third-order valence-corrected chi connectivity index (χ3v) is 2.23. The van der Waals surface area contributed by atoms with Crippen LogP contribution in [0.2, 0.25) is 0 Å². The molecule has 0 atom stereocenters. The van der Waals surface area contributed by atoms with Gasteiger partial charge in [0.1, 0.15) is 0 Å². The quantitative estimate of drug-likeness (QED) is 0.494. The average Bonchev–Trinajstić information content (AvgIpc) is 2.47.